The van der Waals surface area contributed by atoms with Gasteiger partial charge in [-0.2, -0.15) is 4.31 Å². The van der Waals surface area contributed by atoms with Crippen LogP contribution in [-0.2, 0) is 10.0 Å². The second-order valence-electron chi connectivity index (χ2n) is 3.50. The maximum atomic E-state index is 11.6. The summed E-state index contributed by atoms with van der Waals surface area (Å²) >= 11 is 0. The number of nitrogens with zero attached hydrogens (tertiary/aromatic N) is 1. The second-order valence-corrected chi connectivity index (χ2v) is 5.65. The van der Waals surface area contributed by atoms with Crippen LogP contribution in [-0.4, -0.2) is 44.7 Å². The van der Waals surface area contributed by atoms with Gasteiger partial charge in [0, 0.05) is 26.2 Å². The van der Waals surface area contributed by atoms with E-state index in [9.17, 15) is 8.42 Å². The lowest BCUT2D eigenvalue weighted by molar-refractivity contribution is 0.274. The van der Waals surface area contributed by atoms with Crippen LogP contribution in [0.5, 0.6) is 0 Å². The molecule has 1 N–H and O–H groups in total. The Bertz CT molecular complexity index is 247. The predicted molar refractivity (Wildman–Crippen MR) is 53.1 cm³/mol. The number of sulfonamides is 1. The van der Waals surface area contributed by atoms with E-state index in [4.69, 9.17) is 0 Å². The lowest BCUT2D eigenvalue weighted by atomic mass is 10.2. The molecule has 0 aromatic carbocycles. The van der Waals surface area contributed by atoms with Crippen molar-refractivity contribution < 1.29 is 8.42 Å². The van der Waals surface area contributed by atoms with Crippen LogP contribution in [0.3, 0.4) is 0 Å². The number of nitrogens with one attached hydrogen (secondary N) is 1. The minimum Gasteiger partial charge on any atom is -0.313 e. The summed E-state index contributed by atoms with van der Waals surface area (Å²) in [6.07, 6.45) is 1.68. The first-order valence-corrected chi connectivity index (χ1v) is 6.35. The molecule has 4 nitrogen and oxygen atoms in total. The Kier molecular flexibility index (Phi) is 3.70. The molecule has 0 radical (unpaired) electrons. The average molecular weight is 206 g/mol. The van der Waals surface area contributed by atoms with Crippen LogP contribution in [0.15, 0.2) is 0 Å². The first-order valence-electron chi connectivity index (χ1n) is 4.74. The van der Waals surface area contributed by atoms with Gasteiger partial charge in [-0.3, -0.25) is 0 Å². The van der Waals surface area contributed by atoms with Gasteiger partial charge >= 0.3 is 0 Å². The minimum atomic E-state index is -2.99. The maximum Gasteiger partial charge on any atom is 0.214 e. The average Bonchev–Trinajstić information content (AvgIpc) is 1.97. The third-order valence-corrected chi connectivity index (χ3v) is 4.45. The van der Waals surface area contributed by atoms with Gasteiger partial charge in [0.15, 0.2) is 0 Å². The van der Waals surface area contributed by atoms with E-state index in [1.54, 1.807) is 7.05 Å². The van der Waals surface area contributed by atoms with E-state index in [0.29, 0.717) is 0 Å². The standard InChI is InChI=1S/C8H18N2O2S/c1-3-4-5-13(11,12)10(2)8-6-9-7-8/h8-9H,3-7H2,1-2H3. The molecule has 5 heteroatoms. The SMILES string of the molecule is CCCCS(=O)(=O)N(C)C1CNC1. The highest BCUT2D eigenvalue weighted by molar-refractivity contribution is 7.89. The van der Waals surface area contributed by atoms with E-state index < -0.39 is 10.0 Å². The van der Waals surface area contributed by atoms with Crippen LogP contribution in [0.25, 0.3) is 0 Å². The number of unbranched alkanes of at least 4 members (excludes halogenated alkanes) is 1. The Morgan fingerprint density at radius 3 is 2.46 bits per heavy atom. The smallest absolute Gasteiger partial charge is 0.214 e. The third-order valence-electron chi connectivity index (χ3n) is 2.47. The van der Waals surface area contributed by atoms with Gasteiger partial charge in [0.05, 0.1) is 5.75 Å². The molecular weight excluding hydrogens is 188 g/mol. The highest BCUT2D eigenvalue weighted by Crippen LogP contribution is 2.10. The van der Waals surface area contributed by atoms with E-state index in [1.165, 1.54) is 4.31 Å². The molecule has 1 aliphatic heterocycles. The van der Waals surface area contributed by atoms with Crippen LogP contribution in [0.4, 0.5) is 0 Å². The minimum absolute atomic E-state index is 0.182. The Labute approximate surface area is 80.4 Å². The topological polar surface area (TPSA) is 49.4 Å². The van der Waals surface area contributed by atoms with Gasteiger partial charge in [-0.05, 0) is 6.42 Å². The van der Waals surface area contributed by atoms with Crippen molar-refractivity contribution in [3.8, 4) is 0 Å². The van der Waals surface area contributed by atoms with E-state index >= 15 is 0 Å². The molecule has 0 aliphatic carbocycles. The number of hydrogen-bond donors (Lipinski definition) is 1. The van der Waals surface area contributed by atoms with Crippen LogP contribution in [0, 0.1) is 0 Å². The highest BCUT2D eigenvalue weighted by Gasteiger charge is 2.29. The lowest BCUT2D eigenvalue weighted by Crippen LogP contribution is -2.57. The molecular formula is C8H18N2O2S. The largest absolute Gasteiger partial charge is 0.313 e. The zero-order valence-corrected chi connectivity index (χ0v) is 9.10. The monoisotopic (exact) mass is 206 g/mol. The van der Waals surface area contributed by atoms with Gasteiger partial charge in [-0.1, -0.05) is 13.3 Å². The van der Waals surface area contributed by atoms with Crippen molar-refractivity contribution in [2.45, 2.75) is 25.8 Å². The summed E-state index contributed by atoms with van der Waals surface area (Å²) < 4.78 is 24.8. The van der Waals surface area contributed by atoms with E-state index in [-0.39, 0.29) is 11.8 Å². The van der Waals surface area contributed by atoms with Crippen LogP contribution in [0.2, 0.25) is 0 Å². The van der Waals surface area contributed by atoms with Crippen LogP contribution in [0.1, 0.15) is 19.8 Å². The molecule has 1 aliphatic rings. The Balaban J connectivity index is 2.47. The predicted octanol–water partition coefficient (Wildman–Crippen LogP) is 0.0199. The lowest BCUT2D eigenvalue weighted by Gasteiger charge is -2.34. The van der Waals surface area contributed by atoms with Crippen molar-refractivity contribution in [1.29, 1.82) is 0 Å². The second kappa shape index (κ2) is 4.39. The van der Waals surface area contributed by atoms with Gasteiger partial charge in [0.25, 0.3) is 0 Å². The van der Waals surface area contributed by atoms with Crippen molar-refractivity contribution in [2.75, 3.05) is 25.9 Å². The van der Waals surface area contributed by atoms with Crippen molar-refractivity contribution in [3.63, 3.8) is 0 Å². The molecule has 1 rings (SSSR count). The summed E-state index contributed by atoms with van der Waals surface area (Å²) in [5, 5.41) is 3.06. The summed E-state index contributed by atoms with van der Waals surface area (Å²) in [6.45, 7) is 3.59. The molecule has 0 spiro atoms. The molecule has 0 atom stereocenters. The molecule has 0 bridgehead atoms. The zero-order chi connectivity index (χ0) is 9.90. The summed E-state index contributed by atoms with van der Waals surface area (Å²) in [6, 6.07) is 0.182. The molecule has 0 unspecified atom stereocenters. The summed E-state index contributed by atoms with van der Waals surface area (Å²) in [7, 11) is -1.31. The molecule has 1 fully saturated rings. The van der Waals surface area contributed by atoms with E-state index in [0.717, 1.165) is 25.9 Å². The summed E-state index contributed by atoms with van der Waals surface area (Å²) in [4.78, 5) is 0. The molecule has 78 valence electrons. The Morgan fingerprint density at radius 1 is 1.46 bits per heavy atom. The fraction of sp³-hybridized carbons (Fsp3) is 1.00. The maximum absolute atomic E-state index is 11.6. The van der Waals surface area contributed by atoms with Gasteiger partial charge < -0.3 is 5.32 Å². The molecule has 13 heavy (non-hydrogen) atoms. The van der Waals surface area contributed by atoms with Crippen molar-refractivity contribution in [2.24, 2.45) is 0 Å². The molecule has 0 saturated carbocycles. The third kappa shape index (κ3) is 2.65. The van der Waals surface area contributed by atoms with Gasteiger partial charge in [0.2, 0.25) is 10.0 Å². The Morgan fingerprint density at radius 2 is 2.08 bits per heavy atom. The van der Waals surface area contributed by atoms with Crippen molar-refractivity contribution in [1.82, 2.24) is 9.62 Å². The Hall–Kier alpha value is -0.130. The van der Waals surface area contributed by atoms with Crippen molar-refractivity contribution >= 4 is 10.0 Å². The van der Waals surface area contributed by atoms with Gasteiger partial charge in [-0.25, -0.2) is 8.42 Å². The highest BCUT2D eigenvalue weighted by atomic mass is 32.2. The summed E-state index contributed by atoms with van der Waals surface area (Å²) in [5.74, 6) is 0.288. The molecule has 0 aromatic heterocycles. The number of likely N-dealkylation sites (N-methyl/N-ethyl adjacent to an activating group) is 1. The van der Waals surface area contributed by atoms with E-state index in [2.05, 4.69) is 5.32 Å². The van der Waals surface area contributed by atoms with Crippen LogP contribution < -0.4 is 5.32 Å². The van der Waals surface area contributed by atoms with Gasteiger partial charge in [-0.15, -0.1) is 0 Å². The molecule has 0 aromatic rings. The van der Waals surface area contributed by atoms with E-state index in [1.807, 2.05) is 6.92 Å². The molecule has 1 heterocycles. The quantitative estimate of drug-likeness (QED) is 0.690. The van der Waals surface area contributed by atoms with Crippen LogP contribution >= 0.6 is 0 Å². The van der Waals surface area contributed by atoms with Crippen molar-refractivity contribution in [3.05, 3.63) is 0 Å². The first kappa shape index (κ1) is 10.9. The molecule has 0 amide bonds. The van der Waals surface area contributed by atoms with Gasteiger partial charge in [0.1, 0.15) is 0 Å². The first-order chi connectivity index (χ1) is 6.08. The zero-order valence-electron chi connectivity index (χ0n) is 8.28. The normalized spacial score (nSPS) is 19.0. The fourth-order valence-electron chi connectivity index (χ4n) is 1.23. The fourth-order valence-corrected chi connectivity index (χ4v) is 2.77. The molecule has 1 saturated heterocycles. The number of hydrogen-bond acceptors (Lipinski definition) is 3. The summed E-state index contributed by atoms with van der Waals surface area (Å²) in [5.41, 5.74) is 0. The number of rotatable bonds is 5.